The molecule has 0 radical (unpaired) electrons. The molecule has 0 fully saturated rings. The monoisotopic (exact) mass is 526 g/mol. The average Bonchev–Trinajstić information content (AvgIpc) is 3.46. The number of carbonyl (C=O) groups excluding carboxylic acids is 2. The number of nitrogens with two attached hydrogens (primary N) is 1. The van der Waals surface area contributed by atoms with Crippen LogP contribution in [-0.2, 0) is 0 Å². The van der Waals surface area contributed by atoms with E-state index in [-0.39, 0.29) is 42.3 Å². The first-order valence-corrected chi connectivity index (χ1v) is 10.1. The Bertz CT molecular complexity index is 1380. The molecule has 0 atom stereocenters. The maximum atomic E-state index is 13.4. The highest BCUT2D eigenvalue weighted by molar-refractivity contribution is 9.10. The number of pyridine rings is 1. The number of carbonyl (C=O) groups is 2. The first-order valence-electron chi connectivity index (χ1n) is 8.47. The van der Waals surface area contributed by atoms with Gasteiger partial charge >= 0.3 is 5.82 Å². The molecule has 4 heterocycles. The Labute approximate surface area is 187 Å². The third-order valence-corrected chi connectivity index (χ3v) is 6.09. The van der Waals surface area contributed by atoms with E-state index in [1.54, 1.807) is 0 Å². The van der Waals surface area contributed by atoms with Gasteiger partial charge in [0.05, 0.1) is 12.0 Å². The normalized spacial score (nSPS) is 11.2. The van der Waals surface area contributed by atoms with Crippen LogP contribution in [0.2, 0.25) is 0 Å². The number of nitrogens with zero attached hydrogens (tertiary/aromatic N) is 3. The van der Waals surface area contributed by atoms with E-state index in [1.165, 1.54) is 18.4 Å². The molecule has 0 aliphatic heterocycles. The predicted octanol–water partition coefficient (Wildman–Crippen LogP) is 4.24. The third-order valence-electron chi connectivity index (χ3n) is 4.24. The number of fused-ring (bicyclic) bond motifs is 1. The van der Waals surface area contributed by atoms with Gasteiger partial charge in [0, 0.05) is 10.9 Å². The third kappa shape index (κ3) is 3.60. The zero-order valence-electron chi connectivity index (χ0n) is 15.4. The van der Waals surface area contributed by atoms with Crippen molar-refractivity contribution in [3.63, 3.8) is 0 Å². The summed E-state index contributed by atoms with van der Waals surface area (Å²) in [6.07, 6.45) is -1.59. The maximum absolute atomic E-state index is 13.4. The molecule has 4 N–H and O–H groups in total. The second kappa shape index (κ2) is 8.08. The number of hydrogen-bond acceptors (Lipinski definition) is 8. The summed E-state index contributed by atoms with van der Waals surface area (Å²) in [6.45, 7) is 0. The topological polar surface area (TPSA) is 170 Å². The molecule has 0 aliphatic rings. The summed E-state index contributed by atoms with van der Waals surface area (Å²) in [7, 11) is 0. The van der Waals surface area contributed by atoms with Crippen molar-refractivity contribution >= 4 is 60.8 Å². The second-order valence-corrected chi connectivity index (χ2v) is 7.96. The number of primary amides is 1. The number of aromatic amines is 1. The van der Waals surface area contributed by atoms with Crippen molar-refractivity contribution in [2.45, 2.75) is 6.43 Å². The highest BCUT2D eigenvalue weighted by Crippen LogP contribution is 2.43. The Morgan fingerprint density at radius 3 is 2.72 bits per heavy atom. The van der Waals surface area contributed by atoms with Gasteiger partial charge in [0.15, 0.2) is 5.69 Å². The molecule has 4 rings (SSSR count). The fourth-order valence-corrected chi connectivity index (χ4v) is 4.43. The van der Waals surface area contributed by atoms with Gasteiger partial charge in [0.25, 0.3) is 18.2 Å². The molecular formula is C17H9BrF2N6O5S. The van der Waals surface area contributed by atoms with Crippen LogP contribution in [0.25, 0.3) is 21.5 Å². The van der Waals surface area contributed by atoms with Gasteiger partial charge in [-0.1, -0.05) is 5.10 Å². The Morgan fingerprint density at radius 1 is 1.41 bits per heavy atom. The Balaban J connectivity index is 1.92. The molecule has 4 aromatic heterocycles. The number of thiophene rings is 1. The van der Waals surface area contributed by atoms with E-state index >= 15 is 0 Å². The number of aromatic nitrogens is 3. The van der Waals surface area contributed by atoms with Crippen molar-refractivity contribution in [2.24, 2.45) is 5.73 Å². The van der Waals surface area contributed by atoms with E-state index < -0.39 is 34.7 Å². The summed E-state index contributed by atoms with van der Waals surface area (Å²) >= 11 is 3.63. The van der Waals surface area contributed by atoms with Crippen LogP contribution in [0, 0.1) is 10.1 Å². The van der Waals surface area contributed by atoms with Crippen LogP contribution in [0.5, 0.6) is 0 Å². The SMILES string of the molecule is NC(=O)c1sc2nc(C(F)F)cc(-c3ccco3)c2c1NC(=O)c1n[nH]c([N+](=O)[O-])c1Br. The van der Waals surface area contributed by atoms with Gasteiger partial charge in [-0.2, -0.15) is 0 Å². The number of rotatable bonds is 6. The van der Waals surface area contributed by atoms with E-state index in [9.17, 15) is 28.5 Å². The molecule has 2 amide bonds. The highest BCUT2D eigenvalue weighted by Gasteiger charge is 2.29. The highest BCUT2D eigenvalue weighted by atomic mass is 79.9. The van der Waals surface area contributed by atoms with E-state index in [2.05, 4.69) is 36.4 Å². The fourth-order valence-electron chi connectivity index (χ4n) is 2.91. The first-order chi connectivity index (χ1) is 15.2. The minimum absolute atomic E-state index is 0.00498. The number of hydrogen-bond donors (Lipinski definition) is 3. The summed E-state index contributed by atoms with van der Waals surface area (Å²) in [6, 6.07) is 4.11. The van der Waals surface area contributed by atoms with E-state index in [1.807, 2.05) is 0 Å². The van der Waals surface area contributed by atoms with Gasteiger partial charge in [-0.25, -0.2) is 13.8 Å². The first kappa shape index (κ1) is 21.5. The van der Waals surface area contributed by atoms with Crippen molar-refractivity contribution in [3.8, 4) is 11.3 Å². The molecule has 32 heavy (non-hydrogen) atoms. The summed E-state index contributed by atoms with van der Waals surface area (Å²) in [4.78, 5) is 38.8. The fraction of sp³-hybridized carbons (Fsp3) is 0.0588. The van der Waals surface area contributed by atoms with Crippen LogP contribution < -0.4 is 11.1 Å². The molecule has 0 saturated heterocycles. The number of furan rings is 1. The van der Waals surface area contributed by atoms with Gasteiger partial charge < -0.3 is 25.6 Å². The van der Waals surface area contributed by atoms with Crippen molar-refractivity contribution in [3.05, 3.63) is 55.3 Å². The lowest BCUT2D eigenvalue weighted by atomic mass is 10.1. The van der Waals surface area contributed by atoms with Crippen molar-refractivity contribution in [1.82, 2.24) is 15.2 Å². The van der Waals surface area contributed by atoms with Crippen molar-refractivity contribution < 1.29 is 27.7 Å². The number of nitro groups is 1. The second-order valence-electron chi connectivity index (χ2n) is 6.17. The molecule has 4 aromatic rings. The zero-order valence-corrected chi connectivity index (χ0v) is 17.8. The molecule has 0 aliphatic carbocycles. The van der Waals surface area contributed by atoms with Crippen molar-refractivity contribution in [2.75, 3.05) is 5.32 Å². The van der Waals surface area contributed by atoms with Crippen LogP contribution in [0.1, 0.15) is 32.3 Å². The largest absolute Gasteiger partial charge is 0.464 e. The summed E-state index contributed by atoms with van der Waals surface area (Å²) in [5, 5.41) is 19.3. The summed E-state index contributed by atoms with van der Waals surface area (Å²) < 4.78 is 31.9. The van der Waals surface area contributed by atoms with E-state index in [4.69, 9.17) is 10.2 Å². The molecule has 0 spiro atoms. The lowest BCUT2D eigenvalue weighted by Gasteiger charge is -2.08. The quantitative estimate of drug-likeness (QED) is 0.249. The number of anilines is 1. The van der Waals surface area contributed by atoms with Gasteiger partial charge in [-0.05, 0) is 39.1 Å². The Hall–Kier alpha value is -3.72. The molecule has 11 nitrogen and oxygen atoms in total. The van der Waals surface area contributed by atoms with E-state index in [0.29, 0.717) is 11.3 Å². The maximum Gasteiger partial charge on any atom is 0.357 e. The lowest BCUT2D eigenvalue weighted by molar-refractivity contribution is -0.390. The van der Waals surface area contributed by atoms with Crippen LogP contribution in [0.15, 0.2) is 33.4 Å². The summed E-state index contributed by atoms with van der Waals surface area (Å²) in [5.74, 6) is -2.24. The van der Waals surface area contributed by atoms with Gasteiger partial charge in [0.2, 0.25) is 0 Å². The molecule has 0 unspecified atom stereocenters. The number of alkyl halides is 2. The van der Waals surface area contributed by atoms with E-state index in [0.717, 1.165) is 6.07 Å². The lowest BCUT2D eigenvalue weighted by Crippen LogP contribution is -2.17. The molecule has 0 aromatic carbocycles. The number of amides is 2. The van der Waals surface area contributed by atoms with Gasteiger partial charge in [-0.15, -0.1) is 16.4 Å². The van der Waals surface area contributed by atoms with Crippen LogP contribution in [0.4, 0.5) is 20.3 Å². The minimum atomic E-state index is -2.91. The van der Waals surface area contributed by atoms with Crippen molar-refractivity contribution in [1.29, 1.82) is 0 Å². The molecular weight excluding hydrogens is 518 g/mol. The molecule has 164 valence electrons. The molecule has 0 saturated carbocycles. The molecule has 15 heteroatoms. The minimum Gasteiger partial charge on any atom is -0.464 e. The molecule has 0 bridgehead atoms. The summed E-state index contributed by atoms with van der Waals surface area (Å²) in [5.41, 5.74) is 4.53. The average molecular weight is 527 g/mol. The van der Waals surface area contributed by atoms with Crippen LogP contribution in [-0.4, -0.2) is 31.9 Å². The van der Waals surface area contributed by atoms with Crippen LogP contribution in [0.3, 0.4) is 0 Å². The standard InChI is InChI=1S/C17H9BrF2N6O5S/c18-9-11(24-25-15(9)26(29)30)16(28)23-10-8-5(7-2-1-3-31-7)4-6(13(19)20)22-17(8)32-12(10)14(21)27/h1-4,13H,(H2,21,27)(H,23,28)(H,24,25). The van der Waals surface area contributed by atoms with Crippen LogP contribution >= 0.6 is 27.3 Å². The smallest absolute Gasteiger partial charge is 0.357 e. The Morgan fingerprint density at radius 2 is 2.16 bits per heavy atom. The van der Waals surface area contributed by atoms with Gasteiger partial charge in [0.1, 0.15) is 25.6 Å². The number of halogens is 3. The number of H-pyrrole nitrogens is 1. The predicted molar refractivity (Wildman–Crippen MR) is 112 cm³/mol. The zero-order chi connectivity index (χ0) is 23.2. The van der Waals surface area contributed by atoms with Gasteiger partial charge in [-0.3, -0.25) is 9.59 Å². The Kier molecular flexibility index (Phi) is 5.43. The number of nitrogens with one attached hydrogen (secondary N) is 2.